The second-order valence-corrected chi connectivity index (χ2v) is 11.4. The van der Waals surface area contributed by atoms with Crippen LogP contribution in [0.1, 0.15) is 38.7 Å². The van der Waals surface area contributed by atoms with Crippen LogP contribution in [-0.4, -0.2) is 39.5 Å². The van der Waals surface area contributed by atoms with Gasteiger partial charge in [-0.25, -0.2) is 0 Å². The number of anilines is 1. The number of azo groups is 1. The first kappa shape index (κ1) is 31.4. The molecule has 1 atom stereocenters. The van der Waals surface area contributed by atoms with Gasteiger partial charge in [0, 0.05) is 37.3 Å². The topological polar surface area (TPSA) is 121 Å². The normalized spacial score (nSPS) is 12.3. The predicted molar refractivity (Wildman–Crippen MR) is 166 cm³/mol. The van der Waals surface area contributed by atoms with Crippen LogP contribution in [0.25, 0.3) is 0 Å². The Hall–Kier alpha value is -4.14. The van der Waals surface area contributed by atoms with Gasteiger partial charge in [0.15, 0.2) is 0 Å². The van der Waals surface area contributed by atoms with Crippen LogP contribution in [-0.2, 0) is 9.53 Å². The van der Waals surface area contributed by atoms with Crippen molar-refractivity contribution in [3.63, 3.8) is 0 Å². The summed E-state index contributed by atoms with van der Waals surface area (Å²) < 4.78 is 5.24. The van der Waals surface area contributed by atoms with Gasteiger partial charge in [0.25, 0.3) is 5.69 Å². The summed E-state index contributed by atoms with van der Waals surface area (Å²) in [5.74, 6) is -0.330. The summed E-state index contributed by atoms with van der Waals surface area (Å²) in [6, 6.07) is 25.3. The van der Waals surface area contributed by atoms with Gasteiger partial charge in [-0.05, 0) is 68.7 Å². The van der Waals surface area contributed by atoms with Crippen molar-refractivity contribution in [1.82, 2.24) is 0 Å². The molecule has 0 bridgehead atoms. The van der Waals surface area contributed by atoms with Crippen LogP contribution in [0.2, 0.25) is 0 Å². The maximum Gasteiger partial charge on any atom is 0.305 e. The summed E-state index contributed by atoms with van der Waals surface area (Å²) >= 11 is 6.79. The molecule has 0 aromatic heterocycles. The lowest BCUT2D eigenvalue weighted by molar-refractivity contribution is -0.384. The third-order valence-corrected chi connectivity index (χ3v) is 7.80. The Balaban J connectivity index is 1.41. The van der Waals surface area contributed by atoms with Crippen LogP contribution in [0.4, 0.5) is 22.7 Å². The molecule has 11 heteroatoms. The Labute approximate surface area is 249 Å². The number of rotatable bonds is 14. The van der Waals surface area contributed by atoms with E-state index in [1.54, 1.807) is 19.1 Å². The van der Waals surface area contributed by atoms with Gasteiger partial charge in [-0.2, -0.15) is 15.5 Å². The molecule has 3 aromatic rings. The maximum absolute atomic E-state index is 12.4. The Morgan fingerprint density at radius 1 is 1.07 bits per heavy atom. The third kappa shape index (κ3) is 10.1. The number of benzene rings is 3. The number of thioether (sulfide) groups is 1. The van der Waals surface area contributed by atoms with E-state index in [-0.39, 0.29) is 24.7 Å². The number of carbonyl (C=O) groups is 1. The van der Waals surface area contributed by atoms with Gasteiger partial charge in [-0.1, -0.05) is 54.3 Å². The molecular weight excluding hydrogens is 558 g/mol. The number of esters is 1. The predicted octanol–water partition coefficient (Wildman–Crippen LogP) is 7.94. The average Bonchev–Trinajstić information content (AvgIpc) is 3.00. The van der Waals surface area contributed by atoms with Crippen LogP contribution in [0.5, 0.6) is 0 Å². The molecule has 212 valence electrons. The van der Waals surface area contributed by atoms with Gasteiger partial charge >= 0.3 is 5.97 Å². The first-order valence-corrected chi connectivity index (χ1v) is 14.3. The highest BCUT2D eigenvalue weighted by Gasteiger charge is 2.28. The Morgan fingerprint density at radius 3 is 2.24 bits per heavy atom. The second kappa shape index (κ2) is 15.6. The molecule has 0 saturated carbocycles. The lowest BCUT2D eigenvalue weighted by Crippen LogP contribution is -2.25. The minimum absolute atomic E-state index is 0.00321. The number of hydrogen-bond donors (Lipinski definition) is 0. The first-order valence-electron chi connectivity index (χ1n) is 13.1. The van der Waals surface area contributed by atoms with Crippen molar-refractivity contribution in [2.45, 2.75) is 37.9 Å². The number of carbonyl (C=O) groups excluding carboxylic acids is 1. The summed E-state index contributed by atoms with van der Waals surface area (Å²) in [5, 5.41) is 28.8. The number of non-ortho nitro benzene ring substituents is 1. The molecule has 0 aliphatic rings. The highest BCUT2D eigenvalue weighted by atomic mass is 32.2. The minimum atomic E-state index is -0.821. The van der Waals surface area contributed by atoms with Gasteiger partial charge in [0.2, 0.25) is 0 Å². The van der Waals surface area contributed by atoms with E-state index in [0.29, 0.717) is 35.0 Å². The van der Waals surface area contributed by atoms with E-state index in [1.165, 1.54) is 23.9 Å². The fraction of sp³-hybridized carbons (Fsp3) is 0.300. The molecule has 3 rings (SSSR count). The minimum Gasteiger partial charge on any atom is -0.466 e. The molecule has 0 fully saturated rings. The summed E-state index contributed by atoms with van der Waals surface area (Å²) in [4.78, 5) is 24.8. The number of hydrogen-bond acceptors (Lipinski definition) is 10. The number of nitrogens with zero attached hydrogens (tertiary/aromatic N) is 5. The lowest BCUT2D eigenvalue weighted by atomic mass is 10.1. The fourth-order valence-corrected chi connectivity index (χ4v) is 5.38. The summed E-state index contributed by atoms with van der Waals surface area (Å²) in [6.07, 6.45) is 1.14. The molecule has 0 aliphatic heterocycles. The van der Waals surface area contributed by atoms with Gasteiger partial charge < -0.3 is 9.64 Å². The van der Waals surface area contributed by atoms with E-state index >= 15 is 0 Å². The summed E-state index contributed by atoms with van der Waals surface area (Å²) in [6.45, 7) is 5.60. The molecule has 9 nitrogen and oxygen atoms in total. The summed E-state index contributed by atoms with van der Waals surface area (Å²) in [5.41, 5.74) is 3.08. The zero-order valence-corrected chi connectivity index (χ0v) is 24.6. The standard InChI is InChI=1S/C30H31N5O4S2/c1-3-34(26-14-10-24(11-15-26)32-33-25-12-16-27(17-13-25)35(37)38)20-7-21-39-28(36)18-19-30(2,22-31)41-29(40)23-8-5-4-6-9-23/h4-6,8-17H,3,7,18-21H2,1-2H3. The smallest absolute Gasteiger partial charge is 0.305 e. The van der Waals surface area contributed by atoms with Crippen LogP contribution >= 0.6 is 24.0 Å². The van der Waals surface area contributed by atoms with E-state index in [9.17, 15) is 20.2 Å². The lowest BCUT2D eigenvalue weighted by Gasteiger charge is -2.23. The van der Waals surface area contributed by atoms with Crippen molar-refractivity contribution in [1.29, 1.82) is 5.26 Å². The zero-order chi connectivity index (χ0) is 29.7. The highest BCUT2D eigenvalue weighted by molar-refractivity contribution is 8.24. The van der Waals surface area contributed by atoms with Crippen molar-refractivity contribution in [2.75, 3.05) is 24.6 Å². The first-order chi connectivity index (χ1) is 19.7. The van der Waals surface area contributed by atoms with E-state index in [0.717, 1.165) is 17.8 Å². The zero-order valence-electron chi connectivity index (χ0n) is 22.9. The third-order valence-electron chi connectivity index (χ3n) is 6.14. The van der Waals surface area contributed by atoms with Gasteiger partial charge in [-0.3, -0.25) is 14.9 Å². The fourth-order valence-electron chi connectivity index (χ4n) is 3.78. The average molecular weight is 590 g/mol. The van der Waals surface area contributed by atoms with Crippen LogP contribution in [0, 0.1) is 21.4 Å². The molecule has 0 N–H and O–H groups in total. The van der Waals surface area contributed by atoms with Crippen LogP contribution in [0.15, 0.2) is 89.1 Å². The quantitative estimate of drug-likeness (QED) is 0.0464. The largest absolute Gasteiger partial charge is 0.466 e. The molecule has 0 saturated heterocycles. The molecule has 41 heavy (non-hydrogen) atoms. The molecule has 0 amide bonds. The Kier molecular flexibility index (Phi) is 11.9. The molecule has 0 heterocycles. The SMILES string of the molecule is CCN(CCCOC(=O)CCC(C)(C#N)SC(=S)c1ccccc1)c1ccc(N=Nc2ccc([N+](=O)[O-])cc2)cc1. The van der Waals surface area contributed by atoms with E-state index in [2.05, 4.69) is 28.1 Å². The van der Waals surface area contributed by atoms with Crippen LogP contribution < -0.4 is 4.90 Å². The monoisotopic (exact) mass is 589 g/mol. The van der Waals surface area contributed by atoms with Gasteiger partial charge in [-0.15, -0.1) is 0 Å². The number of thiocarbonyl (C=S) groups is 1. The number of nitriles is 1. The Morgan fingerprint density at radius 2 is 1.68 bits per heavy atom. The van der Waals surface area contributed by atoms with Crippen molar-refractivity contribution in [3.05, 3.63) is 94.5 Å². The second-order valence-electron chi connectivity index (χ2n) is 9.24. The molecule has 0 radical (unpaired) electrons. The Bertz CT molecular complexity index is 1390. The molecule has 0 spiro atoms. The molecule has 3 aromatic carbocycles. The van der Waals surface area contributed by atoms with Crippen molar-refractivity contribution >= 4 is 56.9 Å². The maximum atomic E-state index is 12.4. The van der Waals surface area contributed by atoms with Crippen LogP contribution in [0.3, 0.4) is 0 Å². The molecular formula is C30H31N5O4S2. The van der Waals surface area contributed by atoms with Crippen molar-refractivity contribution < 1.29 is 14.5 Å². The van der Waals surface area contributed by atoms with E-state index < -0.39 is 9.67 Å². The van der Waals surface area contributed by atoms with E-state index in [4.69, 9.17) is 17.0 Å². The molecule has 1 unspecified atom stereocenters. The van der Waals surface area contributed by atoms with Crippen molar-refractivity contribution in [2.24, 2.45) is 10.2 Å². The van der Waals surface area contributed by atoms with Gasteiger partial charge in [0.1, 0.15) is 4.75 Å². The number of ether oxygens (including phenoxy) is 1. The summed E-state index contributed by atoms with van der Waals surface area (Å²) in [7, 11) is 0. The molecule has 0 aliphatic carbocycles. The van der Waals surface area contributed by atoms with Crippen molar-refractivity contribution in [3.8, 4) is 6.07 Å². The number of nitro groups is 1. The van der Waals surface area contributed by atoms with Gasteiger partial charge in [0.05, 0.1) is 33.2 Å². The number of nitro benzene ring substituents is 1. The van der Waals surface area contributed by atoms with E-state index in [1.807, 2.05) is 54.6 Å². The highest BCUT2D eigenvalue weighted by Crippen LogP contribution is 2.33.